The van der Waals surface area contributed by atoms with Gasteiger partial charge in [0, 0.05) is 52.4 Å². The van der Waals surface area contributed by atoms with Crippen molar-refractivity contribution in [2.75, 3.05) is 78.6 Å². The SMILES string of the molecule is O=C(O)CN1CCN(CC(=O)O)CCN(C(Cc2ccc(OCC(F)(F)C(F)F)cc2)C(=O)O)CCN(CC(=O)O)CC1. The van der Waals surface area contributed by atoms with Crippen LogP contribution in [-0.2, 0) is 25.6 Å². The third kappa shape index (κ3) is 13.1. The molecule has 1 aliphatic heterocycles. The van der Waals surface area contributed by atoms with Crippen LogP contribution in [0.15, 0.2) is 24.3 Å². The maximum Gasteiger partial charge on any atom is 0.340 e. The topological polar surface area (TPSA) is 171 Å². The van der Waals surface area contributed by atoms with Crippen molar-refractivity contribution in [1.82, 2.24) is 19.6 Å². The molecule has 0 aromatic heterocycles. The van der Waals surface area contributed by atoms with Crippen molar-refractivity contribution in [2.45, 2.75) is 24.8 Å². The largest absolute Gasteiger partial charge is 0.487 e. The molecule has 13 nitrogen and oxygen atoms in total. The lowest BCUT2D eigenvalue weighted by Gasteiger charge is -2.35. The van der Waals surface area contributed by atoms with Crippen LogP contribution in [0.3, 0.4) is 0 Å². The minimum atomic E-state index is -4.34. The first-order valence-electron chi connectivity index (χ1n) is 13.3. The highest BCUT2D eigenvalue weighted by atomic mass is 19.3. The summed E-state index contributed by atoms with van der Waals surface area (Å²) < 4.78 is 55.8. The maximum absolute atomic E-state index is 13.2. The van der Waals surface area contributed by atoms with Crippen molar-refractivity contribution in [3.63, 3.8) is 0 Å². The van der Waals surface area contributed by atoms with Crippen molar-refractivity contribution in [3.8, 4) is 5.75 Å². The van der Waals surface area contributed by atoms with Crippen LogP contribution < -0.4 is 4.74 Å². The lowest BCUT2D eigenvalue weighted by molar-refractivity contribution is -0.148. The number of aliphatic carboxylic acids is 4. The Bertz CT molecular complexity index is 1050. The lowest BCUT2D eigenvalue weighted by Crippen LogP contribution is -2.52. The minimum absolute atomic E-state index is 0.0763. The number of halogens is 4. The summed E-state index contributed by atoms with van der Waals surface area (Å²) in [6, 6.07) is 4.16. The summed E-state index contributed by atoms with van der Waals surface area (Å²) >= 11 is 0. The van der Waals surface area contributed by atoms with Gasteiger partial charge in [-0.2, -0.15) is 8.78 Å². The predicted octanol–water partition coefficient (Wildman–Crippen LogP) is 0.437. The van der Waals surface area contributed by atoms with Crippen molar-refractivity contribution in [3.05, 3.63) is 29.8 Å². The number of hydrogen-bond donors (Lipinski definition) is 4. The van der Waals surface area contributed by atoms with E-state index in [1.807, 2.05) is 0 Å². The number of carbonyl (C=O) groups is 4. The third-order valence-corrected chi connectivity index (χ3v) is 6.78. The van der Waals surface area contributed by atoms with Gasteiger partial charge in [0.15, 0.2) is 6.61 Å². The van der Waals surface area contributed by atoms with Gasteiger partial charge in [0.1, 0.15) is 11.8 Å². The summed E-state index contributed by atoms with van der Waals surface area (Å²) in [5.41, 5.74) is 0.459. The van der Waals surface area contributed by atoms with Gasteiger partial charge >= 0.3 is 36.2 Å². The van der Waals surface area contributed by atoms with Gasteiger partial charge < -0.3 is 25.2 Å². The van der Waals surface area contributed by atoms with Crippen molar-refractivity contribution in [2.24, 2.45) is 0 Å². The van der Waals surface area contributed by atoms with Gasteiger partial charge in [0.25, 0.3) is 0 Å². The second kappa shape index (κ2) is 16.9. The first-order chi connectivity index (χ1) is 20.2. The molecule has 2 rings (SSSR count). The number of ether oxygens (including phenoxy) is 1. The number of alkyl halides is 4. The van der Waals surface area contributed by atoms with Crippen molar-refractivity contribution >= 4 is 23.9 Å². The normalized spacial score (nSPS) is 18.0. The fraction of sp³-hybridized carbons (Fsp3) is 0.615. The number of carboxylic acid groups (broad SMARTS) is 4. The zero-order valence-electron chi connectivity index (χ0n) is 23.3. The monoisotopic (exact) mass is 624 g/mol. The van der Waals surface area contributed by atoms with Crippen molar-refractivity contribution in [1.29, 1.82) is 0 Å². The average Bonchev–Trinajstić information content (AvgIpc) is 2.90. The van der Waals surface area contributed by atoms with Crippen LogP contribution in [0.5, 0.6) is 5.75 Å². The van der Waals surface area contributed by atoms with Crippen LogP contribution in [0.2, 0.25) is 0 Å². The first kappa shape index (κ1) is 35.7. The van der Waals surface area contributed by atoms with Gasteiger partial charge in [-0.15, -0.1) is 0 Å². The third-order valence-electron chi connectivity index (χ3n) is 6.78. The molecule has 0 saturated carbocycles. The molecule has 0 amide bonds. The Labute approximate surface area is 244 Å². The van der Waals surface area contributed by atoms with Crippen molar-refractivity contribution < 1.29 is 61.9 Å². The lowest BCUT2D eigenvalue weighted by atomic mass is 10.0. The van der Waals surface area contributed by atoms with Gasteiger partial charge in [-0.1, -0.05) is 12.1 Å². The predicted molar refractivity (Wildman–Crippen MR) is 142 cm³/mol. The maximum atomic E-state index is 13.2. The van der Waals surface area contributed by atoms with E-state index in [0.717, 1.165) is 0 Å². The van der Waals surface area contributed by atoms with Crippen LogP contribution in [0.25, 0.3) is 0 Å². The van der Waals surface area contributed by atoms with Gasteiger partial charge in [0.05, 0.1) is 19.6 Å². The van der Waals surface area contributed by atoms with E-state index < -0.39 is 48.9 Å². The van der Waals surface area contributed by atoms with E-state index in [-0.39, 0.29) is 84.2 Å². The number of hydrogen-bond acceptors (Lipinski definition) is 9. The standard InChI is InChI=1S/C26H36F4N4O9/c27-25(28)26(29,30)17-43-19-3-1-18(2-4-19)13-20(24(41)42)34-11-9-32(15-22(37)38)7-5-31(14-21(35)36)6-8-33(10-12-34)16-23(39)40/h1-4,20,25H,5-17H2,(H,35,36)(H,37,38)(H,39,40)(H,41,42). The highest BCUT2D eigenvalue weighted by Gasteiger charge is 2.41. The molecule has 1 aromatic carbocycles. The van der Waals surface area contributed by atoms with E-state index in [9.17, 15) is 57.2 Å². The molecular formula is C26H36F4N4O9. The zero-order chi connectivity index (χ0) is 32.2. The summed E-state index contributed by atoms with van der Waals surface area (Å²) in [4.78, 5) is 52.9. The summed E-state index contributed by atoms with van der Waals surface area (Å²) in [6.07, 6.45) is -3.97. The zero-order valence-corrected chi connectivity index (χ0v) is 23.3. The van der Waals surface area contributed by atoms with Crippen LogP contribution in [-0.4, -0.2) is 161 Å². The van der Waals surface area contributed by atoms with Gasteiger partial charge in [0.2, 0.25) is 0 Å². The number of carboxylic acids is 4. The molecule has 0 bridgehead atoms. The molecule has 1 atom stereocenters. The molecule has 1 fully saturated rings. The number of rotatable bonds is 14. The molecule has 1 aliphatic rings. The Hall–Kier alpha value is -3.54. The van der Waals surface area contributed by atoms with E-state index in [4.69, 9.17) is 4.74 Å². The van der Waals surface area contributed by atoms with E-state index in [2.05, 4.69) is 0 Å². The van der Waals surface area contributed by atoms with Crippen LogP contribution >= 0.6 is 0 Å². The Morgan fingerprint density at radius 2 is 1.12 bits per heavy atom. The molecule has 1 saturated heterocycles. The summed E-state index contributed by atoms with van der Waals surface area (Å²) in [7, 11) is 0. The Balaban J connectivity index is 2.24. The molecule has 17 heteroatoms. The first-order valence-corrected chi connectivity index (χ1v) is 13.3. The van der Waals surface area contributed by atoms with E-state index >= 15 is 0 Å². The van der Waals surface area contributed by atoms with E-state index in [1.54, 1.807) is 19.6 Å². The van der Waals surface area contributed by atoms with E-state index in [1.165, 1.54) is 24.3 Å². The smallest absolute Gasteiger partial charge is 0.340 e. The molecule has 1 aromatic rings. The Morgan fingerprint density at radius 3 is 1.47 bits per heavy atom. The summed E-state index contributed by atoms with van der Waals surface area (Å²) in [5, 5.41) is 38.1. The van der Waals surface area contributed by atoms with Gasteiger partial charge in [-0.3, -0.25) is 38.8 Å². The molecule has 0 radical (unpaired) electrons. The molecule has 1 unspecified atom stereocenters. The second-order valence-electron chi connectivity index (χ2n) is 10.1. The van der Waals surface area contributed by atoms with E-state index in [0.29, 0.717) is 5.56 Å². The average molecular weight is 625 g/mol. The highest BCUT2D eigenvalue weighted by Crippen LogP contribution is 2.24. The Morgan fingerprint density at radius 1 is 0.721 bits per heavy atom. The minimum Gasteiger partial charge on any atom is -0.487 e. The number of benzene rings is 1. The molecule has 0 spiro atoms. The molecule has 1 heterocycles. The Kier molecular flexibility index (Phi) is 14.0. The van der Waals surface area contributed by atoms with Crippen LogP contribution in [0.4, 0.5) is 17.6 Å². The molecule has 43 heavy (non-hydrogen) atoms. The fourth-order valence-electron chi connectivity index (χ4n) is 4.47. The van der Waals surface area contributed by atoms with Gasteiger partial charge in [-0.25, -0.2) is 8.78 Å². The fourth-order valence-corrected chi connectivity index (χ4v) is 4.47. The van der Waals surface area contributed by atoms with Crippen LogP contribution in [0, 0.1) is 0 Å². The van der Waals surface area contributed by atoms with Gasteiger partial charge in [-0.05, 0) is 24.1 Å². The quantitative estimate of drug-likeness (QED) is 0.210. The molecule has 4 N–H and O–H groups in total. The van der Waals surface area contributed by atoms with Crippen LogP contribution in [0.1, 0.15) is 5.56 Å². The highest BCUT2D eigenvalue weighted by molar-refractivity contribution is 5.74. The molecule has 242 valence electrons. The molecule has 0 aliphatic carbocycles. The number of nitrogens with zero attached hydrogens (tertiary/aromatic N) is 4. The summed E-state index contributed by atoms with van der Waals surface area (Å²) in [5.74, 6) is -9.02. The molecular weight excluding hydrogens is 588 g/mol. The summed E-state index contributed by atoms with van der Waals surface area (Å²) in [6.45, 7) is -1.54. The second-order valence-corrected chi connectivity index (χ2v) is 10.1.